The fraction of sp³-hybridized carbons (Fsp3) is 0.625. The second-order valence-electron chi connectivity index (χ2n) is 6.81. The van der Waals surface area contributed by atoms with Gasteiger partial charge >= 0.3 is 0 Å². The molecule has 1 aromatic rings. The summed E-state index contributed by atoms with van der Waals surface area (Å²) in [7, 11) is 0. The molecule has 0 unspecified atom stereocenters. The van der Waals surface area contributed by atoms with Gasteiger partial charge in [-0.05, 0) is 29.9 Å². The summed E-state index contributed by atoms with van der Waals surface area (Å²) in [4.78, 5) is 0. The van der Waals surface area contributed by atoms with E-state index in [1.807, 2.05) is 12.1 Å². The molecule has 0 saturated heterocycles. The Kier molecular flexibility index (Phi) is 3.75. The van der Waals surface area contributed by atoms with Gasteiger partial charge in [-0.25, -0.2) is 0 Å². The van der Waals surface area contributed by atoms with Gasteiger partial charge in [0.15, 0.2) is 0 Å². The van der Waals surface area contributed by atoms with Crippen LogP contribution in [-0.2, 0) is 5.41 Å². The molecule has 0 bridgehead atoms. The van der Waals surface area contributed by atoms with E-state index in [0.29, 0.717) is 11.5 Å². The van der Waals surface area contributed by atoms with Gasteiger partial charge in [-0.1, -0.05) is 57.5 Å². The smallest absolute Gasteiger partial charge is 0.0444 e. The van der Waals surface area contributed by atoms with Crippen molar-refractivity contribution in [3.8, 4) is 0 Å². The molecule has 1 nitrogen and oxygen atoms in total. The van der Waals surface area contributed by atoms with Gasteiger partial charge in [0.1, 0.15) is 0 Å². The molecule has 1 aliphatic carbocycles. The first-order valence-electron chi connectivity index (χ1n) is 6.83. The highest BCUT2D eigenvalue weighted by molar-refractivity contribution is 6.31. The fourth-order valence-electron chi connectivity index (χ4n) is 3.48. The summed E-state index contributed by atoms with van der Waals surface area (Å²) >= 11 is 6.40. The molecule has 1 saturated carbocycles. The second-order valence-corrected chi connectivity index (χ2v) is 7.22. The molecule has 1 N–H and O–H groups in total. The van der Waals surface area contributed by atoms with Crippen LogP contribution in [0.15, 0.2) is 24.3 Å². The summed E-state index contributed by atoms with van der Waals surface area (Å²) < 4.78 is 0. The Balaban J connectivity index is 2.24. The summed E-state index contributed by atoms with van der Waals surface area (Å²) in [5, 5.41) is 4.51. The Hall–Kier alpha value is -0.530. The Bertz CT molecular complexity index is 415. The third-order valence-corrected chi connectivity index (χ3v) is 4.26. The minimum Gasteiger partial charge on any atom is -0.314 e. The molecule has 0 aromatic heterocycles. The lowest BCUT2D eigenvalue weighted by Crippen LogP contribution is -2.53. The maximum atomic E-state index is 6.40. The third-order valence-electron chi connectivity index (χ3n) is 3.93. The Morgan fingerprint density at radius 2 is 1.83 bits per heavy atom. The normalized spacial score (nSPS) is 20.8. The van der Waals surface area contributed by atoms with Gasteiger partial charge in [-0.15, -0.1) is 0 Å². The maximum absolute atomic E-state index is 6.40. The van der Waals surface area contributed by atoms with Crippen molar-refractivity contribution in [1.29, 1.82) is 0 Å². The lowest BCUT2D eigenvalue weighted by molar-refractivity contribution is 0.0549. The number of benzene rings is 1. The zero-order chi connectivity index (χ0) is 13.4. The van der Waals surface area contributed by atoms with Crippen molar-refractivity contribution in [1.82, 2.24) is 5.32 Å². The van der Waals surface area contributed by atoms with Crippen LogP contribution in [0.25, 0.3) is 0 Å². The van der Waals surface area contributed by atoms with Gasteiger partial charge in [0.25, 0.3) is 0 Å². The fourth-order valence-corrected chi connectivity index (χ4v) is 3.82. The van der Waals surface area contributed by atoms with Crippen LogP contribution in [0.1, 0.15) is 46.1 Å². The van der Waals surface area contributed by atoms with E-state index in [1.165, 1.54) is 18.4 Å². The summed E-state index contributed by atoms with van der Waals surface area (Å²) in [6.07, 6.45) is 2.42. The van der Waals surface area contributed by atoms with Crippen LogP contribution >= 0.6 is 11.6 Å². The SMILES string of the molecule is CC(C)NCC1(c2ccccc2Cl)CC(C)(C)C1. The van der Waals surface area contributed by atoms with Gasteiger partial charge < -0.3 is 5.32 Å². The first kappa shape index (κ1) is 13.9. The van der Waals surface area contributed by atoms with E-state index >= 15 is 0 Å². The van der Waals surface area contributed by atoms with E-state index in [-0.39, 0.29) is 5.41 Å². The van der Waals surface area contributed by atoms with Crippen LogP contribution < -0.4 is 5.32 Å². The van der Waals surface area contributed by atoms with E-state index in [0.717, 1.165) is 11.6 Å². The molecule has 0 spiro atoms. The lowest BCUT2D eigenvalue weighted by Gasteiger charge is -2.54. The van der Waals surface area contributed by atoms with Gasteiger partial charge in [-0.2, -0.15) is 0 Å². The molecule has 2 heteroatoms. The van der Waals surface area contributed by atoms with Crippen molar-refractivity contribution in [3.05, 3.63) is 34.9 Å². The number of nitrogens with one attached hydrogen (secondary N) is 1. The van der Waals surface area contributed by atoms with Crippen molar-refractivity contribution in [2.24, 2.45) is 5.41 Å². The van der Waals surface area contributed by atoms with Crippen molar-refractivity contribution in [3.63, 3.8) is 0 Å². The molecule has 100 valence electrons. The zero-order valence-corrected chi connectivity index (χ0v) is 12.6. The molecule has 1 aliphatic rings. The second kappa shape index (κ2) is 4.86. The average Bonchev–Trinajstić information content (AvgIpc) is 2.23. The summed E-state index contributed by atoms with van der Waals surface area (Å²) in [5.41, 5.74) is 1.99. The van der Waals surface area contributed by atoms with E-state index < -0.39 is 0 Å². The molecule has 1 fully saturated rings. The Labute approximate surface area is 116 Å². The first-order chi connectivity index (χ1) is 8.35. The molecule has 0 radical (unpaired) electrons. The van der Waals surface area contributed by atoms with Gasteiger partial charge in [0.2, 0.25) is 0 Å². The standard InChI is InChI=1S/C16H24ClN/c1-12(2)18-11-16(9-15(3,4)10-16)13-7-5-6-8-14(13)17/h5-8,12,18H,9-11H2,1-4H3. The summed E-state index contributed by atoms with van der Waals surface area (Å²) in [6, 6.07) is 8.84. The van der Waals surface area contributed by atoms with Gasteiger partial charge in [-0.3, -0.25) is 0 Å². The topological polar surface area (TPSA) is 12.0 Å². The van der Waals surface area contributed by atoms with Crippen LogP contribution in [0.5, 0.6) is 0 Å². The highest BCUT2D eigenvalue weighted by atomic mass is 35.5. The Morgan fingerprint density at radius 3 is 2.33 bits per heavy atom. The monoisotopic (exact) mass is 265 g/mol. The predicted octanol–water partition coefficient (Wildman–Crippen LogP) is 4.40. The van der Waals surface area contributed by atoms with Crippen molar-refractivity contribution in [2.75, 3.05) is 6.54 Å². The minimum absolute atomic E-state index is 0.228. The van der Waals surface area contributed by atoms with Crippen LogP contribution in [-0.4, -0.2) is 12.6 Å². The molecule has 1 aromatic carbocycles. The molecule has 18 heavy (non-hydrogen) atoms. The van der Waals surface area contributed by atoms with Crippen LogP contribution in [0.4, 0.5) is 0 Å². The lowest BCUT2D eigenvalue weighted by atomic mass is 9.52. The highest BCUT2D eigenvalue weighted by Gasteiger charge is 2.50. The maximum Gasteiger partial charge on any atom is 0.0444 e. The molecule has 0 heterocycles. The third kappa shape index (κ3) is 2.73. The largest absolute Gasteiger partial charge is 0.314 e. The van der Waals surface area contributed by atoms with Crippen LogP contribution in [0.3, 0.4) is 0 Å². The quantitative estimate of drug-likeness (QED) is 0.851. The molecule has 0 aliphatic heterocycles. The highest BCUT2D eigenvalue weighted by Crippen LogP contribution is 2.56. The number of halogens is 1. The molecule has 0 amide bonds. The van der Waals surface area contributed by atoms with E-state index in [9.17, 15) is 0 Å². The number of hydrogen-bond acceptors (Lipinski definition) is 1. The van der Waals surface area contributed by atoms with Crippen molar-refractivity contribution < 1.29 is 0 Å². The molecular formula is C16H24ClN. The van der Waals surface area contributed by atoms with Gasteiger partial charge in [0.05, 0.1) is 0 Å². The van der Waals surface area contributed by atoms with E-state index in [2.05, 4.69) is 45.1 Å². The number of hydrogen-bond donors (Lipinski definition) is 1. The average molecular weight is 266 g/mol. The first-order valence-corrected chi connectivity index (χ1v) is 7.21. The van der Waals surface area contributed by atoms with E-state index in [4.69, 9.17) is 11.6 Å². The summed E-state index contributed by atoms with van der Waals surface area (Å²) in [5.74, 6) is 0. The van der Waals surface area contributed by atoms with E-state index in [1.54, 1.807) is 0 Å². The molecule has 0 atom stereocenters. The van der Waals surface area contributed by atoms with Crippen molar-refractivity contribution >= 4 is 11.6 Å². The number of rotatable bonds is 4. The zero-order valence-electron chi connectivity index (χ0n) is 11.9. The van der Waals surface area contributed by atoms with Crippen molar-refractivity contribution in [2.45, 2.75) is 52.0 Å². The van der Waals surface area contributed by atoms with Crippen LogP contribution in [0, 0.1) is 5.41 Å². The predicted molar refractivity (Wildman–Crippen MR) is 79.3 cm³/mol. The molecular weight excluding hydrogens is 242 g/mol. The summed E-state index contributed by atoms with van der Waals surface area (Å²) in [6.45, 7) is 10.1. The minimum atomic E-state index is 0.228. The van der Waals surface area contributed by atoms with Crippen LogP contribution in [0.2, 0.25) is 5.02 Å². The van der Waals surface area contributed by atoms with Gasteiger partial charge in [0, 0.05) is 23.0 Å². The molecule has 2 rings (SSSR count). The Morgan fingerprint density at radius 1 is 1.22 bits per heavy atom.